The molecule has 1 saturated heterocycles. The number of rotatable bonds is 10. The van der Waals surface area contributed by atoms with E-state index < -0.39 is 24.4 Å². The summed E-state index contributed by atoms with van der Waals surface area (Å²) in [5.74, 6) is 0. The number of piperidine rings is 1. The van der Waals surface area contributed by atoms with Crippen LogP contribution < -0.4 is 5.32 Å². The van der Waals surface area contributed by atoms with Gasteiger partial charge in [0.25, 0.3) is 0 Å². The van der Waals surface area contributed by atoms with Crippen LogP contribution in [-0.4, -0.2) is 90.7 Å². The van der Waals surface area contributed by atoms with Gasteiger partial charge in [0, 0.05) is 18.8 Å². The average Bonchev–Trinajstić information content (AvgIpc) is 3.27. The maximum Gasteiger partial charge on any atom is 0.138 e. The fraction of sp³-hybridized carbons (Fsp3) is 0.600. The summed E-state index contributed by atoms with van der Waals surface area (Å²) < 4.78 is 1.71. The van der Waals surface area contributed by atoms with Gasteiger partial charge in [0.1, 0.15) is 24.9 Å². The Morgan fingerprint density at radius 1 is 1.00 bits per heavy atom. The molecular formula is C20H31N5O4. The maximum atomic E-state index is 10.0. The van der Waals surface area contributed by atoms with E-state index in [2.05, 4.69) is 15.4 Å². The Bertz CT molecular complexity index is 712. The minimum absolute atomic E-state index is 0.232. The number of aromatic nitrogens is 3. The number of nitrogens with zero attached hydrogens (tertiary/aromatic N) is 4. The Labute approximate surface area is 170 Å². The molecule has 1 aliphatic heterocycles. The molecule has 2 heterocycles. The van der Waals surface area contributed by atoms with E-state index in [9.17, 15) is 20.4 Å². The molecule has 4 atom stereocenters. The van der Waals surface area contributed by atoms with Gasteiger partial charge in [0.2, 0.25) is 0 Å². The van der Waals surface area contributed by atoms with Crippen LogP contribution in [0.5, 0.6) is 0 Å². The predicted molar refractivity (Wildman–Crippen MR) is 109 cm³/mol. The van der Waals surface area contributed by atoms with E-state index in [1.807, 2.05) is 29.2 Å². The fourth-order valence-electron chi connectivity index (χ4n) is 3.74. The molecule has 0 radical (unpaired) electrons. The molecule has 2 aromatic rings. The zero-order chi connectivity index (χ0) is 20.6. The molecule has 1 fully saturated rings. The number of unbranched alkanes of at least 4 members (excludes halogenated alkanes) is 3. The highest BCUT2D eigenvalue weighted by atomic mass is 16.4. The van der Waals surface area contributed by atoms with Gasteiger partial charge in [-0.05, 0) is 43.7 Å². The summed E-state index contributed by atoms with van der Waals surface area (Å²) in [6.45, 7) is 1.61. The molecule has 0 bridgehead atoms. The second-order valence-electron chi connectivity index (χ2n) is 7.52. The van der Waals surface area contributed by atoms with E-state index in [1.165, 1.54) is 6.33 Å². The van der Waals surface area contributed by atoms with E-state index >= 15 is 0 Å². The van der Waals surface area contributed by atoms with Gasteiger partial charge in [-0.2, -0.15) is 5.10 Å². The van der Waals surface area contributed by atoms with Crippen molar-refractivity contribution in [3.8, 4) is 5.69 Å². The van der Waals surface area contributed by atoms with Crippen molar-refractivity contribution in [2.75, 3.05) is 31.6 Å². The van der Waals surface area contributed by atoms with Crippen molar-refractivity contribution < 1.29 is 20.4 Å². The zero-order valence-corrected chi connectivity index (χ0v) is 16.5. The highest BCUT2D eigenvalue weighted by Crippen LogP contribution is 2.20. The molecule has 29 heavy (non-hydrogen) atoms. The van der Waals surface area contributed by atoms with Gasteiger partial charge in [0.15, 0.2) is 0 Å². The SMILES string of the molecule is OC[C@@H]1[C@@H](O)[C@H](O)[C@@H](O)CN1CCCCCCNc1ccc(-n2cncn2)cc1. The molecule has 0 amide bonds. The predicted octanol–water partition coefficient (Wildman–Crippen LogP) is -0.00120. The van der Waals surface area contributed by atoms with Crippen LogP contribution in [0.3, 0.4) is 0 Å². The number of nitrogens with one attached hydrogen (secondary N) is 1. The molecule has 160 valence electrons. The smallest absolute Gasteiger partial charge is 0.138 e. The molecule has 0 saturated carbocycles. The molecule has 9 heteroatoms. The minimum atomic E-state index is -1.19. The second-order valence-corrected chi connectivity index (χ2v) is 7.52. The quantitative estimate of drug-likeness (QED) is 0.350. The van der Waals surface area contributed by atoms with Gasteiger partial charge in [0.05, 0.1) is 24.4 Å². The average molecular weight is 405 g/mol. The molecule has 0 unspecified atom stereocenters. The Kier molecular flexibility index (Phi) is 7.96. The Morgan fingerprint density at radius 3 is 2.45 bits per heavy atom. The van der Waals surface area contributed by atoms with Crippen LogP contribution in [-0.2, 0) is 0 Å². The van der Waals surface area contributed by atoms with Crippen molar-refractivity contribution in [2.45, 2.75) is 50.0 Å². The molecule has 0 aliphatic carbocycles. The van der Waals surface area contributed by atoms with E-state index in [0.29, 0.717) is 6.54 Å². The molecular weight excluding hydrogens is 374 g/mol. The number of aliphatic hydroxyl groups is 4. The summed E-state index contributed by atoms with van der Waals surface area (Å²) >= 11 is 0. The molecule has 9 nitrogen and oxygen atoms in total. The van der Waals surface area contributed by atoms with Crippen LogP contribution >= 0.6 is 0 Å². The molecule has 1 aromatic carbocycles. The van der Waals surface area contributed by atoms with Gasteiger partial charge in [-0.1, -0.05) is 12.8 Å². The standard InChI is InChI=1S/C20H31N5O4/c26-12-17-19(28)20(29)18(27)11-24(17)10-4-2-1-3-9-22-15-5-7-16(8-6-15)25-14-21-13-23-25/h5-8,13-14,17-20,22,26-29H,1-4,9-12H2/t17-,18+,19-,20-/m1/s1. The van der Waals surface area contributed by atoms with Crippen molar-refractivity contribution in [1.29, 1.82) is 0 Å². The van der Waals surface area contributed by atoms with Crippen LogP contribution in [0.1, 0.15) is 25.7 Å². The molecule has 5 N–H and O–H groups in total. The fourth-order valence-corrected chi connectivity index (χ4v) is 3.74. The van der Waals surface area contributed by atoms with Crippen LogP contribution in [0.4, 0.5) is 5.69 Å². The van der Waals surface area contributed by atoms with Gasteiger partial charge in [-0.25, -0.2) is 9.67 Å². The van der Waals surface area contributed by atoms with Gasteiger partial charge < -0.3 is 25.7 Å². The summed E-state index contributed by atoms with van der Waals surface area (Å²) in [5, 5.41) is 46.6. The summed E-state index contributed by atoms with van der Waals surface area (Å²) in [5.41, 5.74) is 2.03. The van der Waals surface area contributed by atoms with Crippen molar-refractivity contribution in [3.05, 3.63) is 36.9 Å². The highest BCUT2D eigenvalue weighted by Gasteiger charge is 2.40. The summed E-state index contributed by atoms with van der Waals surface area (Å²) in [4.78, 5) is 5.81. The molecule has 3 rings (SSSR count). The van der Waals surface area contributed by atoms with Crippen LogP contribution in [0.25, 0.3) is 5.69 Å². The molecule has 1 aromatic heterocycles. The third kappa shape index (κ3) is 5.74. The van der Waals surface area contributed by atoms with Crippen LogP contribution in [0.15, 0.2) is 36.9 Å². The number of hydrogen-bond acceptors (Lipinski definition) is 8. The van der Waals surface area contributed by atoms with Crippen LogP contribution in [0.2, 0.25) is 0 Å². The molecule has 1 aliphatic rings. The number of likely N-dealkylation sites (tertiary alicyclic amines) is 1. The van der Waals surface area contributed by atoms with E-state index in [4.69, 9.17) is 0 Å². The van der Waals surface area contributed by atoms with Crippen molar-refractivity contribution >= 4 is 5.69 Å². The third-order valence-electron chi connectivity index (χ3n) is 5.47. The van der Waals surface area contributed by atoms with E-state index in [1.54, 1.807) is 11.0 Å². The lowest BCUT2D eigenvalue weighted by Crippen LogP contribution is -2.62. The number of aliphatic hydroxyl groups excluding tert-OH is 4. The normalized spacial score (nSPS) is 25.2. The monoisotopic (exact) mass is 405 g/mol. The number of β-amino-alcohol motifs (C(OH)–C–C–N with tert-alkyl or cyclic N) is 1. The lowest BCUT2D eigenvalue weighted by molar-refractivity contribution is -0.145. The lowest BCUT2D eigenvalue weighted by atomic mass is 9.94. The Hall–Kier alpha value is -2.04. The lowest BCUT2D eigenvalue weighted by Gasteiger charge is -2.43. The third-order valence-corrected chi connectivity index (χ3v) is 5.47. The van der Waals surface area contributed by atoms with Crippen molar-refractivity contribution in [1.82, 2.24) is 19.7 Å². The Morgan fingerprint density at radius 2 is 1.76 bits per heavy atom. The largest absolute Gasteiger partial charge is 0.395 e. The first-order valence-corrected chi connectivity index (χ1v) is 10.2. The summed E-state index contributed by atoms with van der Waals surface area (Å²) in [6.07, 6.45) is 3.92. The minimum Gasteiger partial charge on any atom is -0.395 e. The summed E-state index contributed by atoms with van der Waals surface area (Å²) in [6, 6.07) is 7.51. The first kappa shape index (κ1) is 21.7. The number of benzene rings is 1. The molecule has 0 spiro atoms. The maximum absolute atomic E-state index is 10.0. The van der Waals surface area contributed by atoms with Gasteiger partial charge in [-0.3, -0.25) is 4.90 Å². The second kappa shape index (κ2) is 10.7. The van der Waals surface area contributed by atoms with E-state index in [-0.39, 0.29) is 13.2 Å². The first-order chi connectivity index (χ1) is 14.1. The summed E-state index contributed by atoms with van der Waals surface area (Å²) in [7, 11) is 0. The number of hydrogen-bond donors (Lipinski definition) is 5. The van der Waals surface area contributed by atoms with Crippen molar-refractivity contribution in [3.63, 3.8) is 0 Å². The van der Waals surface area contributed by atoms with Crippen LogP contribution in [0, 0.1) is 0 Å². The topological polar surface area (TPSA) is 127 Å². The van der Waals surface area contributed by atoms with Crippen molar-refractivity contribution in [2.24, 2.45) is 0 Å². The number of anilines is 1. The zero-order valence-electron chi connectivity index (χ0n) is 16.5. The first-order valence-electron chi connectivity index (χ1n) is 10.2. The van der Waals surface area contributed by atoms with Gasteiger partial charge in [-0.15, -0.1) is 0 Å². The van der Waals surface area contributed by atoms with E-state index in [0.717, 1.165) is 43.6 Å². The highest BCUT2D eigenvalue weighted by molar-refractivity contribution is 5.48. The Balaban J connectivity index is 1.30. The van der Waals surface area contributed by atoms with Gasteiger partial charge >= 0.3 is 0 Å².